The van der Waals surface area contributed by atoms with E-state index >= 15 is 4.39 Å². The van der Waals surface area contributed by atoms with E-state index in [1.807, 2.05) is 79.7 Å². The molecule has 378 valence electrons. The number of hydrogen-bond donors (Lipinski definition) is 3. The van der Waals surface area contributed by atoms with Gasteiger partial charge < -0.3 is 30.2 Å². The van der Waals surface area contributed by atoms with E-state index in [2.05, 4.69) is 58.2 Å². The topological polar surface area (TPSA) is 98.4 Å². The zero-order valence-electron chi connectivity index (χ0n) is 42.7. The van der Waals surface area contributed by atoms with E-state index in [4.69, 9.17) is 4.74 Å². The molecule has 16 heteroatoms. The summed E-state index contributed by atoms with van der Waals surface area (Å²) in [5.74, 6) is -8.86. The number of nitrogens with zero attached hydrogens (tertiary/aromatic N) is 4. The number of likely N-dealkylation sites (tertiary alicyclic amines) is 1. The molecule has 0 atom stereocenters. The fraction of sp³-hybridized carbons (Fsp3) is 0.580. The zero-order valence-corrected chi connectivity index (χ0v) is 42.7. The van der Waals surface area contributed by atoms with Crippen LogP contribution < -0.4 is 20.3 Å². The number of aromatic amines is 1. The van der Waals surface area contributed by atoms with Crippen LogP contribution in [-0.4, -0.2) is 84.1 Å². The Morgan fingerprint density at radius 2 is 1.35 bits per heavy atom. The van der Waals surface area contributed by atoms with Crippen LogP contribution in [-0.2, 0) is 0 Å². The maximum absolute atomic E-state index is 15.3. The highest BCUT2D eigenvalue weighted by molar-refractivity contribution is 6.02. The van der Waals surface area contributed by atoms with Crippen LogP contribution in [0.25, 0.3) is 10.9 Å². The molecule has 0 aliphatic carbocycles. The molecule has 0 saturated carbocycles. The number of amides is 1. The number of nitrogens with one attached hydrogen (secondary N) is 3. The van der Waals surface area contributed by atoms with Crippen molar-refractivity contribution in [1.29, 1.82) is 0 Å². The van der Waals surface area contributed by atoms with Gasteiger partial charge in [-0.05, 0) is 51.1 Å². The van der Waals surface area contributed by atoms with Crippen molar-refractivity contribution in [3.05, 3.63) is 77.8 Å². The van der Waals surface area contributed by atoms with Crippen LogP contribution in [0.5, 0.6) is 11.6 Å². The van der Waals surface area contributed by atoms with Crippen LogP contribution >= 0.6 is 0 Å². The number of rotatable bonds is 9. The average molecular weight is 946 g/mol. The second-order valence-corrected chi connectivity index (χ2v) is 13.8. The molecule has 2 fully saturated rings. The summed E-state index contributed by atoms with van der Waals surface area (Å²) in [4.78, 5) is 27.4. The van der Waals surface area contributed by atoms with Gasteiger partial charge in [0, 0.05) is 67.5 Å². The number of allylic oxidation sites excluding steroid dienone is 2. The van der Waals surface area contributed by atoms with E-state index in [9.17, 15) is 31.1 Å². The SMILES string of the molecule is C/C=C/C.CC.CC.CC.CCC.CCC(F)(F)CC.CCCC.CF.Cc1cc2c(F)c(Oc3ncnc(Nc4ccc(N5CCNCC5)cc4)c3C(=O)N3CC(F)(F)C3)cc(F)c2[nH]1. The van der Waals surface area contributed by atoms with Crippen molar-refractivity contribution in [3.8, 4) is 11.6 Å². The predicted molar refractivity (Wildman–Crippen MR) is 264 cm³/mol. The highest BCUT2D eigenvalue weighted by Gasteiger charge is 2.47. The lowest BCUT2D eigenvalue weighted by atomic mass is 10.1. The molecule has 4 heterocycles. The number of halogens is 7. The van der Waals surface area contributed by atoms with E-state index < -0.39 is 54.1 Å². The fourth-order valence-electron chi connectivity index (χ4n) is 5.13. The zero-order chi connectivity index (χ0) is 51.5. The smallest absolute Gasteiger partial charge is 0.282 e. The molecule has 0 radical (unpaired) electrons. The van der Waals surface area contributed by atoms with Crippen molar-refractivity contribution in [2.45, 2.75) is 148 Å². The molecule has 6 rings (SSSR count). The van der Waals surface area contributed by atoms with Gasteiger partial charge in [-0.3, -0.25) is 9.18 Å². The van der Waals surface area contributed by atoms with Crippen LogP contribution in [0.15, 0.2) is 54.9 Å². The van der Waals surface area contributed by atoms with E-state index in [1.54, 1.807) is 19.1 Å². The second-order valence-electron chi connectivity index (χ2n) is 13.8. The summed E-state index contributed by atoms with van der Waals surface area (Å²) in [6.45, 7) is 31.1. The third-order valence-corrected chi connectivity index (χ3v) is 8.75. The van der Waals surface area contributed by atoms with E-state index in [-0.39, 0.29) is 35.1 Å². The van der Waals surface area contributed by atoms with E-state index in [0.717, 1.165) is 49.2 Å². The third-order valence-electron chi connectivity index (χ3n) is 8.75. The molecule has 2 aromatic heterocycles. The number of aromatic nitrogens is 3. The van der Waals surface area contributed by atoms with Gasteiger partial charge >= 0.3 is 0 Å². The van der Waals surface area contributed by atoms with Gasteiger partial charge in [-0.25, -0.2) is 36.3 Å². The van der Waals surface area contributed by atoms with Crippen LogP contribution in [0.2, 0.25) is 0 Å². The minimum atomic E-state index is -3.02. The lowest BCUT2D eigenvalue weighted by Crippen LogP contribution is -2.58. The number of H-pyrrole nitrogens is 1. The number of unbranched alkanes of at least 4 members (excludes halogenated alkanes) is 1. The molecule has 2 aliphatic heterocycles. The molecule has 2 aliphatic rings. The number of anilines is 3. The lowest BCUT2D eigenvalue weighted by molar-refractivity contribution is -0.113. The lowest BCUT2D eigenvalue weighted by Gasteiger charge is -2.38. The van der Waals surface area contributed by atoms with Gasteiger partial charge in [0.15, 0.2) is 23.2 Å². The Balaban J connectivity index is -0.00000127. The summed E-state index contributed by atoms with van der Waals surface area (Å²) in [5, 5.41) is 6.28. The van der Waals surface area contributed by atoms with Gasteiger partial charge in [0.2, 0.25) is 11.8 Å². The quantitative estimate of drug-likeness (QED) is 0.114. The van der Waals surface area contributed by atoms with Crippen molar-refractivity contribution in [2.75, 3.05) is 56.7 Å². The molecule has 9 nitrogen and oxygen atoms in total. The fourth-order valence-corrected chi connectivity index (χ4v) is 5.13. The Morgan fingerprint density at radius 1 is 0.848 bits per heavy atom. The normalized spacial score (nSPS) is 13.0. The molecule has 2 aromatic carbocycles. The van der Waals surface area contributed by atoms with Gasteiger partial charge in [0.25, 0.3) is 11.8 Å². The molecule has 3 N–H and O–H groups in total. The summed E-state index contributed by atoms with van der Waals surface area (Å²) in [7, 11) is 0.500. The first-order valence-electron chi connectivity index (χ1n) is 23.4. The number of benzene rings is 2. The van der Waals surface area contributed by atoms with Crippen LogP contribution in [0.3, 0.4) is 0 Å². The summed E-state index contributed by atoms with van der Waals surface area (Å²) in [6, 6.07) is 9.67. The first kappa shape index (κ1) is 65.4. The summed E-state index contributed by atoms with van der Waals surface area (Å²) in [6.07, 6.45) is 8.90. The minimum absolute atomic E-state index is 0.0282. The standard InChI is InChI=1S/C27H25F4N7O2.C5H10F2.C4H10.C4H8.C3H8.3C2H6.CH3F/c1-15-10-18-22(29)20(11-19(28)23(18)35-15)40-25-21(26(39)38-12-27(30,31)13-38)24(33-14-34-25)36-16-2-4-17(5-3-16)37-8-6-32-7-9-37;1-3-5(6,7)4-2;2*1-3-4-2;1-3-2;4*1-2/h2-5,10-11,14,32,35H,6-9,12-13H2,1H3,(H,33,34,36);3-4H2,1-2H3;3-4H2,1-2H3;3-4H,1-2H3;3H2,1-2H3;3*1-2H3;1H3/b;;;4-3+;;;;;. The molecule has 0 spiro atoms. The number of carbonyl (C=O) groups is 1. The summed E-state index contributed by atoms with van der Waals surface area (Å²) in [5.41, 5.74) is 1.81. The maximum atomic E-state index is 15.3. The molecule has 66 heavy (non-hydrogen) atoms. The number of fused-ring (bicyclic) bond motifs is 1. The van der Waals surface area contributed by atoms with Crippen molar-refractivity contribution < 1.29 is 40.3 Å². The van der Waals surface area contributed by atoms with Crippen LogP contribution in [0.4, 0.5) is 47.9 Å². The Morgan fingerprint density at radius 3 is 1.77 bits per heavy atom. The molecule has 1 amide bonds. The van der Waals surface area contributed by atoms with Gasteiger partial charge in [0.1, 0.15) is 11.9 Å². The molecule has 2 saturated heterocycles. The largest absolute Gasteiger partial charge is 0.435 e. The van der Waals surface area contributed by atoms with E-state index in [0.29, 0.717) is 18.6 Å². The van der Waals surface area contributed by atoms with Crippen LogP contribution in [0.1, 0.15) is 145 Å². The molecule has 4 aromatic rings. The highest BCUT2D eigenvalue weighted by atomic mass is 19.3. The van der Waals surface area contributed by atoms with Crippen molar-refractivity contribution >= 4 is 34.0 Å². The predicted octanol–water partition coefficient (Wildman–Crippen LogP) is 15.5. The van der Waals surface area contributed by atoms with Crippen LogP contribution in [0, 0.1) is 18.6 Å². The van der Waals surface area contributed by atoms with Crippen molar-refractivity contribution in [1.82, 2.24) is 25.2 Å². The Labute approximate surface area is 392 Å². The van der Waals surface area contributed by atoms with Crippen molar-refractivity contribution in [3.63, 3.8) is 0 Å². The van der Waals surface area contributed by atoms with Gasteiger partial charge in [0.05, 0.1) is 25.8 Å². The number of alkyl halides is 5. The van der Waals surface area contributed by atoms with E-state index in [1.165, 1.54) is 39.2 Å². The number of piperazine rings is 1. The second kappa shape index (κ2) is 37.3. The number of hydrogen-bond acceptors (Lipinski definition) is 7. The highest BCUT2D eigenvalue weighted by Crippen LogP contribution is 2.37. The maximum Gasteiger partial charge on any atom is 0.282 e. The number of carbonyl (C=O) groups excluding carboxylic acids is 1. The summed E-state index contributed by atoms with van der Waals surface area (Å²) < 4.78 is 96.2. The monoisotopic (exact) mass is 946 g/mol. The molecular weight excluding hydrogens is 864 g/mol. The number of aryl methyl sites for hydroxylation is 1. The Hall–Kier alpha value is -4.86. The van der Waals surface area contributed by atoms with Gasteiger partial charge in [-0.15, -0.1) is 0 Å². The molecular formula is C50H82F7N7O2. The molecule has 0 unspecified atom stereocenters. The summed E-state index contributed by atoms with van der Waals surface area (Å²) >= 11 is 0. The van der Waals surface area contributed by atoms with Gasteiger partial charge in [-0.1, -0.05) is 114 Å². The molecule has 0 bridgehead atoms. The Kier molecular flexibility index (Phi) is 36.9. The minimum Gasteiger partial charge on any atom is -0.435 e. The average Bonchev–Trinajstić information content (AvgIpc) is 3.76. The third kappa shape index (κ3) is 23.0. The van der Waals surface area contributed by atoms with Crippen molar-refractivity contribution in [2.24, 2.45) is 0 Å². The first-order chi connectivity index (χ1) is 31.5. The van der Waals surface area contributed by atoms with Gasteiger partial charge in [-0.2, -0.15) is 0 Å². The Bertz CT molecular complexity index is 1850. The first-order valence-corrected chi connectivity index (χ1v) is 23.4. The number of ether oxygens (including phenoxy) is 1.